The summed E-state index contributed by atoms with van der Waals surface area (Å²) in [4.78, 5) is 73.2. The van der Waals surface area contributed by atoms with Crippen LogP contribution in [0.2, 0.25) is 0 Å². The van der Waals surface area contributed by atoms with E-state index in [4.69, 9.17) is 37.0 Å². The third-order valence-corrected chi connectivity index (χ3v) is 23.3. The van der Waals surface area contributed by atoms with E-state index in [1.807, 2.05) is 0 Å². The van der Waals surface area contributed by atoms with Gasteiger partial charge in [-0.1, -0.05) is 402 Å². The van der Waals surface area contributed by atoms with Crippen molar-refractivity contribution in [3.8, 4) is 0 Å². The Kier molecular flexibility index (Phi) is 74.3. The molecule has 0 aromatic carbocycles. The van der Waals surface area contributed by atoms with Crippen molar-refractivity contribution in [1.29, 1.82) is 0 Å². The van der Waals surface area contributed by atoms with Crippen LogP contribution in [0.1, 0.15) is 453 Å². The van der Waals surface area contributed by atoms with Gasteiger partial charge in [0.25, 0.3) is 0 Å². The number of ether oxygens (including phenoxy) is 4. The van der Waals surface area contributed by atoms with Gasteiger partial charge in [-0.05, 0) is 49.4 Å². The molecule has 5 unspecified atom stereocenters. The molecule has 0 aliphatic rings. The van der Waals surface area contributed by atoms with Crippen molar-refractivity contribution in [2.45, 2.75) is 472 Å². The van der Waals surface area contributed by atoms with Gasteiger partial charge < -0.3 is 33.8 Å². The topological polar surface area (TPSA) is 237 Å². The number of phosphoric ester groups is 2. The van der Waals surface area contributed by atoms with E-state index < -0.39 is 97.5 Å². The molecule has 0 aromatic heterocycles. The predicted molar refractivity (Wildman–Crippen MR) is 437 cm³/mol. The lowest BCUT2D eigenvalue weighted by molar-refractivity contribution is -0.161. The van der Waals surface area contributed by atoms with Gasteiger partial charge in [-0.15, -0.1) is 0 Å². The van der Waals surface area contributed by atoms with Crippen molar-refractivity contribution in [2.24, 2.45) is 23.7 Å². The smallest absolute Gasteiger partial charge is 0.462 e. The number of aliphatic hydroxyl groups is 1. The van der Waals surface area contributed by atoms with Gasteiger partial charge in [0.1, 0.15) is 19.3 Å². The zero-order chi connectivity index (χ0) is 78.1. The van der Waals surface area contributed by atoms with Gasteiger partial charge in [-0.25, -0.2) is 9.13 Å². The zero-order valence-electron chi connectivity index (χ0n) is 70.1. The number of unbranched alkanes of at least 4 members (excludes halogenated alkanes) is 47. The minimum absolute atomic E-state index is 0.107. The molecule has 0 fully saturated rings. The molecular formula is C87H170O17P2. The van der Waals surface area contributed by atoms with Crippen LogP contribution >= 0.6 is 15.6 Å². The normalized spacial score (nSPS) is 14.7. The van der Waals surface area contributed by atoms with E-state index in [0.29, 0.717) is 25.7 Å². The van der Waals surface area contributed by atoms with Crippen molar-refractivity contribution in [3.05, 3.63) is 0 Å². The second-order valence-electron chi connectivity index (χ2n) is 32.5. The zero-order valence-corrected chi connectivity index (χ0v) is 71.9. The Morgan fingerprint density at radius 1 is 0.264 bits per heavy atom. The van der Waals surface area contributed by atoms with Gasteiger partial charge in [-0.2, -0.15) is 0 Å². The first-order valence-corrected chi connectivity index (χ1v) is 47.8. The van der Waals surface area contributed by atoms with Crippen molar-refractivity contribution in [2.75, 3.05) is 39.6 Å². The van der Waals surface area contributed by atoms with Crippen LogP contribution in [0.15, 0.2) is 0 Å². The maximum atomic E-state index is 13.1. The molecule has 106 heavy (non-hydrogen) atoms. The highest BCUT2D eigenvalue weighted by Gasteiger charge is 2.31. The van der Waals surface area contributed by atoms with Crippen LogP contribution in [0.5, 0.6) is 0 Å². The third-order valence-electron chi connectivity index (χ3n) is 21.4. The van der Waals surface area contributed by atoms with E-state index in [9.17, 15) is 43.2 Å². The molecule has 0 spiro atoms. The predicted octanol–water partition coefficient (Wildman–Crippen LogP) is 26.3. The number of carbonyl (C=O) groups is 4. The van der Waals surface area contributed by atoms with Crippen molar-refractivity contribution < 1.29 is 80.2 Å². The van der Waals surface area contributed by atoms with Crippen molar-refractivity contribution >= 4 is 39.5 Å². The molecule has 0 heterocycles. The Balaban J connectivity index is 5.22. The quantitative estimate of drug-likeness (QED) is 0.0222. The van der Waals surface area contributed by atoms with Gasteiger partial charge >= 0.3 is 39.5 Å². The molecule has 3 N–H and O–H groups in total. The fourth-order valence-corrected chi connectivity index (χ4v) is 15.0. The molecule has 0 saturated carbocycles. The van der Waals surface area contributed by atoms with E-state index in [0.717, 1.165) is 120 Å². The number of hydrogen-bond donors (Lipinski definition) is 3. The SMILES string of the molecule is CCC(C)CCCCCCCCCCCCCCCCCCCCC(=O)O[C@H](COC(=O)CCCCCCCCC(C)CC)COP(=O)(O)OC[C@H](O)COP(=O)(O)OC[C@@H](COC(=O)CCCCCCCCCCCCCCCC(C)C)OC(=O)CCCCCCCCCCCCCCCCC(C)CC. The maximum absolute atomic E-state index is 13.1. The fourth-order valence-electron chi connectivity index (χ4n) is 13.4. The summed E-state index contributed by atoms with van der Waals surface area (Å²) >= 11 is 0. The summed E-state index contributed by atoms with van der Waals surface area (Å²) in [5, 5.41) is 10.7. The van der Waals surface area contributed by atoms with Crippen molar-refractivity contribution in [3.63, 3.8) is 0 Å². The minimum atomic E-state index is -4.97. The van der Waals surface area contributed by atoms with Crippen LogP contribution in [0, 0.1) is 23.7 Å². The fraction of sp³-hybridized carbons (Fsp3) is 0.954. The molecule has 0 rings (SSSR count). The minimum Gasteiger partial charge on any atom is -0.462 e. The van der Waals surface area contributed by atoms with Crippen LogP contribution in [0.25, 0.3) is 0 Å². The number of carbonyl (C=O) groups excluding carboxylic acids is 4. The number of phosphoric acid groups is 2. The van der Waals surface area contributed by atoms with Gasteiger partial charge in [0.2, 0.25) is 0 Å². The first-order valence-electron chi connectivity index (χ1n) is 44.8. The second kappa shape index (κ2) is 75.7. The number of esters is 4. The molecule has 0 radical (unpaired) electrons. The number of hydrogen-bond acceptors (Lipinski definition) is 15. The molecule has 630 valence electrons. The Hall–Kier alpha value is -1.94. The Labute approximate surface area is 651 Å². The molecule has 0 saturated heterocycles. The second-order valence-corrected chi connectivity index (χ2v) is 35.4. The monoisotopic (exact) mass is 1550 g/mol. The van der Waals surface area contributed by atoms with Crippen LogP contribution in [-0.2, 0) is 65.4 Å². The molecule has 0 amide bonds. The number of rotatable bonds is 84. The molecule has 0 aromatic rings. The average molecular weight is 1550 g/mol. The van der Waals surface area contributed by atoms with Gasteiger partial charge in [0.15, 0.2) is 12.2 Å². The number of aliphatic hydroxyl groups excluding tert-OH is 1. The summed E-state index contributed by atoms with van der Waals surface area (Å²) in [6.07, 6.45) is 65.2. The summed E-state index contributed by atoms with van der Waals surface area (Å²) < 4.78 is 68.9. The van der Waals surface area contributed by atoms with Crippen LogP contribution in [0.4, 0.5) is 0 Å². The summed E-state index contributed by atoms with van der Waals surface area (Å²) in [6, 6.07) is 0. The first-order chi connectivity index (χ1) is 51.2. The highest BCUT2D eigenvalue weighted by molar-refractivity contribution is 7.47. The van der Waals surface area contributed by atoms with E-state index >= 15 is 0 Å². The van der Waals surface area contributed by atoms with Crippen molar-refractivity contribution in [1.82, 2.24) is 0 Å². The van der Waals surface area contributed by atoms with Crippen LogP contribution in [0.3, 0.4) is 0 Å². The van der Waals surface area contributed by atoms with E-state index in [1.165, 1.54) is 250 Å². The molecular weight excluding hydrogens is 1380 g/mol. The maximum Gasteiger partial charge on any atom is 0.472 e. The van der Waals surface area contributed by atoms with Crippen LogP contribution < -0.4 is 0 Å². The van der Waals surface area contributed by atoms with Crippen LogP contribution in [-0.4, -0.2) is 96.7 Å². The Morgan fingerprint density at radius 2 is 0.453 bits per heavy atom. The van der Waals surface area contributed by atoms with E-state index in [-0.39, 0.29) is 25.7 Å². The molecule has 17 nitrogen and oxygen atoms in total. The highest BCUT2D eigenvalue weighted by Crippen LogP contribution is 2.45. The molecule has 0 bridgehead atoms. The Bertz CT molecular complexity index is 2060. The lowest BCUT2D eigenvalue weighted by Gasteiger charge is -2.21. The Morgan fingerprint density at radius 3 is 0.670 bits per heavy atom. The summed E-state index contributed by atoms with van der Waals surface area (Å²) in [7, 11) is -9.93. The standard InChI is InChI=1S/C87H170O17P2/c1-9-78(6)64-56-48-40-34-28-22-16-14-12-13-15-17-24-31-37-43-53-61-70-87(92)104-83(74-98-85(90)68-60-52-46-45-50-58-66-80(8)11-3)76-102-106(95,96)100-72-81(88)71-99-105(93,94)101-75-82(73-97-84(89)67-59-51-42-36-30-26-20-21-27-33-39-47-55-63-77(4)5)103-86(91)69-62-54-44-38-32-25-19-18-23-29-35-41-49-57-65-79(7)10-2/h77-83,88H,9-76H2,1-8H3,(H,93,94)(H,95,96)/t78?,79?,80?,81-,82-,83-/m1/s1. The lowest BCUT2D eigenvalue weighted by Crippen LogP contribution is -2.30. The lowest BCUT2D eigenvalue weighted by atomic mass is 9.99. The molecule has 0 aliphatic heterocycles. The van der Waals surface area contributed by atoms with Gasteiger partial charge in [-0.3, -0.25) is 37.3 Å². The van der Waals surface area contributed by atoms with E-state index in [1.54, 1.807) is 0 Å². The largest absolute Gasteiger partial charge is 0.472 e. The third kappa shape index (κ3) is 76.1. The van der Waals surface area contributed by atoms with E-state index in [2.05, 4.69) is 55.4 Å². The van der Waals surface area contributed by atoms with Gasteiger partial charge in [0, 0.05) is 25.7 Å². The average Bonchev–Trinajstić information content (AvgIpc) is 0.900. The molecule has 19 heteroatoms. The summed E-state index contributed by atoms with van der Waals surface area (Å²) in [5.74, 6) is 1.13. The molecule has 0 aliphatic carbocycles. The molecule has 8 atom stereocenters. The summed E-state index contributed by atoms with van der Waals surface area (Å²) in [5.41, 5.74) is 0. The van der Waals surface area contributed by atoms with Gasteiger partial charge in [0.05, 0.1) is 26.4 Å². The summed E-state index contributed by atoms with van der Waals surface area (Å²) in [6.45, 7) is 14.4. The highest BCUT2D eigenvalue weighted by atomic mass is 31.2. The first kappa shape index (κ1) is 104.